The van der Waals surface area contributed by atoms with E-state index in [0.29, 0.717) is 6.42 Å². The standard InChI is InChI=1S/C7H15N3O5S/c1-2-3-9-16(14,15)10-4-6(11)8-5-7(12)13/h9-10H,2-5H2,1H3,(H,8,11)(H,12,13). The molecule has 0 aromatic carbocycles. The Balaban J connectivity index is 3.86. The van der Waals surface area contributed by atoms with E-state index in [2.05, 4.69) is 4.72 Å². The minimum Gasteiger partial charge on any atom is -0.480 e. The highest BCUT2D eigenvalue weighted by Gasteiger charge is 2.11. The highest BCUT2D eigenvalue weighted by atomic mass is 32.2. The predicted octanol–water partition coefficient (Wildman–Crippen LogP) is -1.98. The predicted molar refractivity (Wildman–Crippen MR) is 55.9 cm³/mol. The minimum atomic E-state index is -3.69. The van der Waals surface area contributed by atoms with E-state index in [1.165, 1.54) is 0 Å². The van der Waals surface area contributed by atoms with Gasteiger partial charge in [0, 0.05) is 6.54 Å². The molecule has 0 aliphatic rings. The Morgan fingerprint density at radius 2 is 1.81 bits per heavy atom. The molecular formula is C7H15N3O5S. The fourth-order valence-corrected chi connectivity index (χ4v) is 1.58. The zero-order chi connectivity index (χ0) is 12.6. The van der Waals surface area contributed by atoms with Crippen molar-refractivity contribution in [2.75, 3.05) is 19.6 Å². The van der Waals surface area contributed by atoms with Gasteiger partial charge in [-0.1, -0.05) is 6.92 Å². The molecule has 0 heterocycles. The molecule has 0 saturated carbocycles. The lowest BCUT2D eigenvalue weighted by atomic mass is 10.5. The molecule has 94 valence electrons. The molecule has 9 heteroatoms. The molecule has 0 fully saturated rings. The summed E-state index contributed by atoms with van der Waals surface area (Å²) >= 11 is 0. The zero-order valence-electron chi connectivity index (χ0n) is 8.82. The third-order valence-corrected chi connectivity index (χ3v) is 2.51. The van der Waals surface area contributed by atoms with Crippen LogP contribution in [-0.4, -0.2) is 45.0 Å². The van der Waals surface area contributed by atoms with E-state index in [1.54, 1.807) is 6.92 Å². The SMILES string of the molecule is CCCNS(=O)(=O)NCC(=O)NCC(=O)O. The molecule has 16 heavy (non-hydrogen) atoms. The van der Waals surface area contributed by atoms with Crippen molar-refractivity contribution in [3.8, 4) is 0 Å². The topological polar surface area (TPSA) is 125 Å². The van der Waals surface area contributed by atoms with Gasteiger partial charge in [0.05, 0.1) is 6.54 Å². The van der Waals surface area contributed by atoms with Crippen LogP contribution < -0.4 is 14.8 Å². The number of aliphatic carboxylic acids is 1. The number of hydrogen-bond donors (Lipinski definition) is 4. The summed E-state index contributed by atoms with van der Waals surface area (Å²) in [4.78, 5) is 21.0. The highest BCUT2D eigenvalue weighted by molar-refractivity contribution is 7.87. The maximum Gasteiger partial charge on any atom is 0.322 e. The highest BCUT2D eigenvalue weighted by Crippen LogP contribution is 1.78. The van der Waals surface area contributed by atoms with Crippen LogP contribution >= 0.6 is 0 Å². The van der Waals surface area contributed by atoms with E-state index < -0.39 is 35.2 Å². The second-order valence-corrected chi connectivity index (χ2v) is 4.47. The Morgan fingerprint density at radius 1 is 1.19 bits per heavy atom. The van der Waals surface area contributed by atoms with Gasteiger partial charge in [0.2, 0.25) is 5.91 Å². The summed E-state index contributed by atoms with van der Waals surface area (Å²) in [6.45, 7) is 1.03. The first-order chi connectivity index (χ1) is 7.37. The first-order valence-electron chi connectivity index (χ1n) is 4.60. The van der Waals surface area contributed by atoms with Crippen molar-refractivity contribution in [2.24, 2.45) is 0 Å². The summed E-state index contributed by atoms with van der Waals surface area (Å²) in [6, 6.07) is 0. The van der Waals surface area contributed by atoms with E-state index in [0.717, 1.165) is 0 Å². The molecule has 0 aliphatic heterocycles. The van der Waals surface area contributed by atoms with E-state index in [9.17, 15) is 18.0 Å². The van der Waals surface area contributed by atoms with Crippen LogP contribution in [0.3, 0.4) is 0 Å². The molecular weight excluding hydrogens is 238 g/mol. The van der Waals surface area contributed by atoms with Gasteiger partial charge in [-0.15, -0.1) is 0 Å². The molecule has 0 radical (unpaired) electrons. The van der Waals surface area contributed by atoms with Crippen molar-refractivity contribution >= 4 is 22.1 Å². The third kappa shape index (κ3) is 8.15. The summed E-state index contributed by atoms with van der Waals surface area (Å²) in [6.07, 6.45) is 0.631. The van der Waals surface area contributed by atoms with E-state index in [4.69, 9.17) is 5.11 Å². The lowest BCUT2D eigenvalue weighted by molar-refractivity contribution is -0.137. The molecule has 8 nitrogen and oxygen atoms in total. The van der Waals surface area contributed by atoms with Gasteiger partial charge < -0.3 is 10.4 Å². The molecule has 0 atom stereocenters. The molecule has 0 rings (SSSR count). The van der Waals surface area contributed by atoms with Gasteiger partial charge in [0.1, 0.15) is 6.54 Å². The number of rotatable bonds is 8. The molecule has 0 unspecified atom stereocenters. The van der Waals surface area contributed by atoms with Crippen LogP contribution in [0.2, 0.25) is 0 Å². The van der Waals surface area contributed by atoms with Gasteiger partial charge in [0.25, 0.3) is 10.2 Å². The largest absolute Gasteiger partial charge is 0.480 e. The Bertz CT molecular complexity index is 340. The van der Waals surface area contributed by atoms with Gasteiger partial charge in [0.15, 0.2) is 0 Å². The van der Waals surface area contributed by atoms with E-state index in [-0.39, 0.29) is 6.54 Å². The minimum absolute atomic E-state index is 0.270. The maximum absolute atomic E-state index is 11.1. The lowest BCUT2D eigenvalue weighted by Gasteiger charge is -2.06. The van der Waals surface area contributed by atoms with Gasteiger partial charge >= 0.3 is 5.97 Å². The normalized spacial score (nSPS) is 11.1. The van der Waals surface area contributed by atoms with E-state index in [1.807, 2.05) is 10.0 Å². The molecule has 0 aromatic heterocycles. The van der Waals surface area contributed by atoms with Crippen LogP contribution in [0, 0.1) is 0 Å². The van der Waals surface area contributed by atoms with Crippen LogP contribution in [0.15, 0.2) is 0 Å². The average molecular weight is 253 g/mol. The van der Waals surface area contributed by atoms with Crippen molar-refractivity contribution in [3.63, 3.8) is 0 Å². The number of nitrogens with one attached hydrogen (secondary N) is 3. The molecule has 0 bridgehead atoms. The van der Waals surface area contributed by atoms with Crippen molar-refractivity contribution in [1.29, 1.82) is 0 Å². The fraction of sp³-hybridized carbons (Fsp3) is 0.714. The van der Waals surface area contributed by atoms with E-state index >= 15 is 0 Å². The summed E-state index contributed by atoms with van der Waals surface area (Å²) in [5, 5.41) is 10.3. The average Bonchev–Trinajstić information content (AvgIpc) is 2.21. The van der Waals surface area contributed by atoms with Crippen molar-refractivity contribution in [3.05, 3.63) is 0 Å². The Morgan fingerprint density at radius 3 is 2.31 bits per heavy atom. The third-order valence-electron chi connectivity index (χ3n) is 1.40. The van der Waals surface area contributed by atoms with Crippen molar-refractivity contribution < 1.29 is 23.1 Å². The second-order valence-electron chi connectivity index (χ2n) is 2.89. The monoisotopic (exact) mass is 253 g/mol. The Hall–Kier alpha value is -1.19. The molecule has 0 saturated heterocycles. The summed E-state index contributed by atoms with van der Waals surface area (Å²) < 4.78 is 26.4. The Labute approximate surface area is 93.6 Å². The summed E-state index contributed by atoms with van der Waals surface area (Å²) in [7, 11) is -3.69. The molecule has 1 amide bonds. The summed E-state index contributed by atoms with van der Waals surface area (Å²) in [5.41, 5.74) is 0. The maximum atomic E-state index is 11.1. The number of carboxylic acid groups (broad SMARTS) is 1. The zero-order valence-corrected chi connectivity index (χ0v) is 9.63. The Kier molecular flexibility index (Phi) is 6.61. The van der Waals surface area contributed by atoms with Crippen LogP contribution in [0.25, 0.3) is 0 Å². The number of carboxylic acids is 1. The van der Waals surface area contributed by atoms with Gasteiger partial charge in [-0.3, -0.25) is 9.59 Å². The molecule has 0 aliphatic carbocycles. The van der Waals surface area contributed by atoms with Crippen LogP contribution in [0.5, 0.6) is 0 Å². The first-order valence-corrected chi connectivity index (χ1v) is 6.08. The van der Waals surface area contributed by atoms with Crippen molar-refractivity contribution in [2.45, 2.75) is 13.3 Å². The lowest BCUT2D eigenvalue weighted by Crippen LogP contribution is -2.43. The van der Waals surface area contributed by atoms with Gasteiger partial charge in [-0.25, -0.2) is 4.72 Å². The fourth-order valence-electron chi connectivity index (χ4n) is 0.685. The van der Waals surface area contributed by atoms with Crippen LogP contribution in [0.4, 0.5) is 0 Å². The smallest absolute Gasteiger partial charge is 0.322 e. The number of carbonyl (C=O) groups is 2. The second kappa shape index (κ2) is 7.14. The van der Waals surface area contributed by atoms with Crippen LogP contribution in [-0.2, 0) is 19.8 Å². The first kappa shape index (κ1) is 14.8. The molecule has 0 spiro atoms. The quantitative estimate of drug-likeness (QED) is 0.399. The van der Waals surface area contributed by atoms with Gasteiger partial charge in [-0.2, -0.15) is 13.1 Å². The number of amides is 1. The van der Waals surface area contributed by atoms with Crippen molar-refractivity contribution in [1.82, 2.24) is 14.8 Å². The van der Waals surface area contributed by atoms with Gasteiger partial charge in [-0.05, 0) is 6.42 Å². The summed E-state index contributed by atoms with van der Waals surface area (Å²) in [5.74, 6) is -1.90. The van der Waals surface area contributed by atoms with Crippen LogP contribution in [0.1, 0.15) is 13.3 Å². The molecule has 0 aromatic rings. The number of carbonyl (C=O) groups excluding carboxylic acids is 1. The molecule has 4 N–H and O–H groups in total. The number of hydrogen-bond acceptors (Lipinski definition) is 4.